The minimum absolute atomic E-state index is 0.00737. The van der Waals surface area contributed by atoms with Gasteiger partial charge in [0.05, 0.1) is 18.4 Å². The molecule has 2 aromatic rings. The molecule has 0 atom stereocenters. The average molecular weight is 352 g/mol. The molecule has 0 unspecified atom stereocenters. The number of amides is 2. The standard InChI is InChI=1S/C16H14F2N2O5/c17-10-3-4-12(11(18)8-10)20-14(21)9-25-15(22)5-6-19-16(23)13-2-1-7-24-13/h1-4,7-8H,5-6,9H2,(H,19,23)(H,20,21). The molecule has 2 rings (SSSR count). The van der Waals surface area contributed by atoms with Crippen molar-refractivity contribution in [1.82, 2.24) is 5.32 Å². The normalized spacial score (nSPS) is 10.2. The van der Waals surface area contributed by atoms with Crippen molar-refractivity contribution in [1.29, 1.82) is 0 Å². The fourth-order valence-corrected chi connectivity index (χ4v) is 1.77. The lowest BCUT2D eigenvalue weighted by Gasteiger charge is -2.08. The van der Waals surface area contributed by atoms with Crippen molar-refractivity contribution in [3.63, 3.8) is 0 Å². The molecule has 0 bridgehead atoms. The molecule has 2 amide bonds. The number of ether oxygens (including phenoxy) is 1. The molecule has 0 radical (unpaired) electrons. The molecule has 9 heteroatoms. The highest BCUT2D eigenvalue weighted by Crippen LogP contribution is 2.14. The van der Waals surface area contributed by atoms with Crippen LogP contribution in [-0.4, -0.2) is 30.9 Å². The molecule has 1 aromatic carbocycles. The van der Waals surface area contributed by atoms with E-state index in [4.69, 9.17) is 4.42 Å². The lowest BCUT2D eigenvalue weighted by molar-refractivity contribution is -0.147. The van der Waals surface area contributed by atoms with Gasteiger partial charge in [-0.1, -0.05) is 0 Å². The van der Waals surface area contributed by atoms with E-state index in [9.17, 15) is 23.2 Å². The van der Waals surface area contributed by atoms with Crippen LogP contribution in [0.5, 0.6) is 0 Å². The number of nitrogens with one attached hydrogen (secondary N) is 2. The predicted octanol–water partition coefficient (Wildman–Crippen LogP) is 1.86. The van der Waals surface area contributed by atoms with Gasteiger partial charge in [-0.3, -0.25) is 14.4 Å². The van der Waals surface area contributed by atoms with Crippen molar-refractivity contribution in [2.45, 2.75) is 6.42 Å². The highest BCUT2D eigenvalue weighted by atomic mass is 19.1. The van der Waals surface area contributed by atoms with Crippen molar-refractivity contribution < 1.29 is 32.3 Å². The maximum atomic E-state index is 13.4. The Balaban J connectivity index is 1.67. The van der Waals surface area contributed by atoms with Gasteiger partial charge in [0.1, 0.15) is 11.6 Å². The van der Waals surface area contributed by atoms with Gasteiger partial charge in [0.25, 0.3) is 11.8 Å². The molecule has 0 aliphatic carbocycles. The van der Waals surface area contributed by atoms with Gasteiger partial charge in [-0.25, -0.2) is 8.78 Å². The number of carbonyl (C=O) groups excluding carboxylic acids is 3. The first-order valence-corrected chi connectivity index (χ1v) is 7.18. The van der Waals surface area contributed by atoms with Crippen LogP contribution in [0.15, 0.2) is 41.0 Å². The molecule has 0 aliphatic heterocycles. The van der Waals surface area contributed by atoms with E-state index >= 15 is 0 Å². The van der Waals surface area contributed by atoms with E-state index < -0.39 is 36.0 Å². The van der Waals surface area contributed by atoms with Crippen molar-refractivity contribution >= 4 is 23.5 Å². The second-order valence-electron chi connectivity index (χ2n) is 4.82. The number of anilines is 1. The zero-order chi connectivity index (χ0) is 18.2. The van der Waals surface area contributed by atoms with E-state index in [1.807, 2.05) is 0 Å². The number of halogens is 2. The van der Waals surface area contributed by atoms with Crippen LogP contribution >= 0.6 is 0 Å². The molecule has 0 spiro atoms. The van der Waals surface area contributed by atoms with Crippen molar-refractivity contribution in [3.05, 3.63) is 54.0 Å². The quantitative estimate of drug-likeness (QED) is 0.741. The summed E-state index contributed by atoms with van der Waals surface area (Å²) < 4.78 is 35.7. The summed E-state index contributed by atoms with van der Waals surface area (Å²) in [7, 11) is 0. The summed E-state index contributed by atoms with van der Waals surface area (Å²) >= 11 is 0. The molecule has 0 fully saturated rings. The number of carbonyl (C=O) groups is 3. The van der Waals surface area contributed by atoms with E-state index in [1.54, 1.807) is 6.07 Å². The van der Waals surface area contributed by atoms with Gasteiger partial charge in [-0.15, -0.1) is 0 Å². The van der Waals surface area contributed by atoms with Gasteiger partial charge in [0.15, 0.2) is 12.4 Å². The van der Waals surface area contributed by atoms with E-state index in [0.29, 0.717) is 6.07 Å². The SMILES string of the molecule is O=C(COC(=O)CCNC(=O)c1ccco1)Nc1ccc(F)cc1F. The highest BCUT2D eigenvalue weighted by Gasteiger charge is 2.12. The van der Waals surface area contributed by atoms with Crippen LogP contribution in [0.2, 0.25) is 0 Å². The van der Waals surface area contributed by atoms with Crippen LogP contribution in [0.4, 0.5) is 14.5 Å². The maximum absolute atomic E-state index is 13.4. The molecular weight excluding hydrogens is 338 g/mol. The van der Waals surface area contributed by atoms with Gasteiger partial charge < -0.3 is 19.8 Å². The van der Waals surface area contributed by atoms with E-state index in [-0.39, 0.29) is 24.4 Å². The molecule has 0 saturated heterocycles. The Hall–Kier alpha value is -3.23. The van der Waals surface area contributed by atoms with Crippen LogP contribution in [-0.2, 0) is 14.3 Å². The molecular formula is C16H14F2N2O5. The summed E-state index contributed by atoms with van der Waals surface area (Å²) in [6.45, 7) is -0.644. The monoisotopic (exact) mass is 352 g/mol. The first-order chi connectivity index (χ1) is 12.0. The second-order valence-corrected chi connectivity index (χ2v) is 4.82. The van der Waals surface area contributed by atoms with E-state index in [2.05, 4.69) is 15.4 Å². The van der Waals surface area contributed by atoms with E-state index in [1.165, 1.54) is 12.3 Å². The minimum Gasteiger partial charge on any atom is -0.459 e. The van der Waals surface area contributed by atoms with Crippen molar-refractivity contribution in [2.24, 2.45) is 0 Å². The number of furan rings is 1. The number of rotatable bonds is 7. The topological polar surface area (TPSA) is 97.6 Å². The molecule has 7 nitrogen and oxygen atoms in total. The summed E-state index contributed by atoms with van der Waals surface area (Å²) in [6, 6.07) is 5.66. The summed E-state index contributed by atoms with van der Waals surface area (Å²) in [5.74, 6) is -3.61. The summed E-state index contributed by atoms with van der Waals surface area (Å²) in [5.41, 5.74) is -0.229. The Kier molecular flexibility index (Phi) is 6.21. The highest BCUT2D eigenvalue weighted by molar-refractivity contribution is 5.93. The third-order valence-corrected chi connectivity index (χ3v) is 2.93. The molecule has 132 valence electrons. The Morgan fingerprint density at radius 2 is 1.96 bits per heavy atom. The fraction of sp³-hybridized carbons (Fsp3) is 0.188. The molecule has 2 N–H and O–H groups in total. The number of hydrogen-bond donors (Lipinski definition) is 2. The van der Waals surface area contributed by atoms with Crippen LogP contribution < -0.4 is 10.6 Å². The average Bonchev–Trinajstić information content (AvgIpc) is 3.10. The van der Waals surface area contributed by atoms with Gasteiger partial charge in [0, 0.05) is 12.6 Å². The Labute approximate surface area is 141 Å². The number of benzene rings is 1. The summed E-state index contributed by atoms with van der Waals surface area (Å²) in [6.07, 6.45) is 1.18. The van der Waals surface area contributed by atoms with Crippen LogP contribution in [0, 0.1) is 11.6 Å². The number of hydrogen-bond acceptors (Lipinski definition) is 5. The second kappa shape index (κ2) is 8.57. The summed E-state index contributed by atoms with van der Waals surface area (Å²) in [4.78, 5) is 34.6. The molecule has 1 heterocycles. The maximum Gasteiger partial charge on any atom is 0.308 e. The lowest BCUT2D eigenvalue weighted by atomic mass is 10.3. The van der Waals surface area contributed by atoms with Gasteiger partial charge >= 0.3 is 5.97 Å². The third-order valence-electron chi connectivity index (χ3n) is 2.93. The Morgan fingerprint density at radius 3 is 2.64 bits per heavy atom. The smallest absolute Gasteiger partial charge is 0.308 e. The van der Waals surface area contributed by atoms with Gasteiger partial charge in [-0.2, -0.15) is 0 Å². The number of esters is 1. The Morgan fingerprint density at radius 1 is 1.16 bits per heavy atom. The third kappa shape index (κ3) is 5.72. The van der Waals surface area contributed by atoms with Crippen molar-refractivity contribution in [2.75, 3.05) is 18.5 Å². The minimum atomic E-state index is -0.944. The fourth-order valence-electron chi connectivity index (χ4n) is 1.77. The van der Waals surface area contributed by atoms with E-state index in [0.717, 1.165) is 12.1 Å². The summed E-state index contributed by atoms with van der Waals surface area (Å²) in [5, 5.41) is 4.58. The molecule has 25 heavy (non-hydrogen) atoms. The first kappa shape index (κ1) is 18.1. The molecule has 0 aliphatic rings. The predicted molar refractivity (Wildman–Crippen MR) is 81.6 cm³/mol. The zero-order valence-electron chi connectivity index (χ0n) is 12.9. The first-order valence-electron chi connectivity index (χ1n) is 7.18. The molecule has 0 saturated carbocycles. The lowest BCUT2D eigenvalue weighted by Crippen LogP contribution is -2.27. The van der Waals surface area contributed by atoms with Crippen LogP contribution in [0.3, 0.4) is 0 Å². The van der Waals surface area contributed by atoms with Crippen molar-refractivity contribution in [3.8, 4) is 0 Å². The van der Waals surface area contributed by atoms with Gasteiger partial charge in [0.2, 0.25) is 0 Å². The van der Waals surface area contributed by atoms with Crippen LogP contribution in [0.1, 0.15) is 17.0 Å². The van der Waals surface area contributed by atoms with Gasteiger partial charge in [-0.05, 0) is 24.3 Å². The molecule has 1 aromatic heterocycles. The van der Waals surface area contributed by atoms with Crippen LogP contribution in [0.25, 0.3) is 0 Å². The Bertz CT molecular complexity index is 762. The zero-order valence-corrected chi connectivity index (χ0v) is 12.9. The largest absolute Gasteiger partial charge is 0.459 e.